The lowest BCUT2D eigenvalue weighted by molar-refractivity contribution is 0.414. The molecule has 140 valence electrons. The van der Waals surface area contributed by atoms with Crippen molar-refractivity contribution in [2.24, 2.45) is 0 Å². The fraction of sp³-hybridized carbons (Fsp3) is 0.105. The highest BCUT2D eigenvalue weighted by atomic mass is 32.2. The number of nitrogens with one attached hydrogen (secondary N) is 1. The molecule has 1 heterocycles. The molecular formula is C19H17FN2O4S. The van der Waals surface area contributed by atoms with E-state index in [0.29, 0.717) is 17.1 Å². The Balaban J connectivity index is 1.62. The SMILES string of the molecule is COc1ccc(S(=O)(=O)NCc2ccc(Oc3cccc(F)c3)nc2)cc1. The van der Waals surface area contributed by atoms with Crippen LogP contribution in [0.1, 0.15) is 5.56 Å². The fourth-order valence-corrected chi connectivity index (χ4v) is 3.26. The molecule has 0 aliphatic rings. The third-order valence-electron chi connectivity index (χ3n) is 3.65. The van der Waals surface area contributed by atoms with E-state index in [0.717, 1.165) is 0 Å². The summed E-state index contributed by atoms with van der Waals surface area (Å²) in [6.07, 6.45) is 1.49. The first-order valence-electron chi connectivity index (χ1n) is 7.98. The van der Waals surface area contributed by atoms with Gasteiger partial charge in [0.05, 0.1) is 12.0 Å². The molecule has 0 amide bonds. The predicted molar refractivity (Wildman–Crippen MR) is 97.7 cm³/mol. The van der Waals surface area contributed by atoms with Gasteiger partial charge in [0.2, 0.25) is 15.9 Å². The summed E-state index contributed by atoms with van der Waals surface area (Å²) in [6, 6.07) is 15.1. The Hall–Kier alpha value is -2.97. The summed E-state index contributed by atoms with van der Waals surface area (Å²) >= 11 is 0. The second kappa shape index (κ2) is 8.15. The Bertz CT molecular complexity index is 1010. The maximum Gasteiger partial charge on any atom is 0.240 e. The molecule has 27 heavy (non-hydrogen) atoms. The van der Waals surface area contributed by atoms with Gasteiger partial charge in [0.15, 0.2) is 0 Å². The van der Waals surface area contributed by atoms with Crippen LogP contribution in [0.4, 0.5) is 4.39 Å². The minimum Gasteiger partial charge on any atom is -0.497 e. The van der Waals surface area contributed by atoms with E-state index in [1.165, 1.54) is 43.6 Å². The van der Waals surface area contributed by atoms with Gasteiger partial charge in [-0.15, -0.1) is 0 Å². The number of pyridine rings is 1. The van der Waals surface area contributed by atoms with E-state index >= 15 is 0 Å². The largest absolute Gasteiger partial charge is 0.497 e. The van der Waals surface area contributed by atoms with E-state index in [1.54, 1.807) is 30.3 Å². The van der Waals surface area contributed by atoms with Crippen molar-refractivity contribution in [3.8, 4) is 17.4 Å². The smallest absolute Gasteiger partial charge is 0.240 e. The van der Waals surface area contributed by atoms with Crippen LogP contribution in [-0.2, 0) is 16.6 Å². The molecule has 3 aromatic rings. The van der Waals surface area contributed by atoms with Gasteiger partial charge < -0.3 is 9.47 Å². The van der Waals surface area contributed by atoms with Crippen molar-refractivity contribution in [3.63, 3.8) is 0 Å². The Morgan fingerprint density at radius 1 is 1.04 bits per heavy atom. The Kier molecular flexibility index (Phi) is 5.68. The normalized spacial score (nSPS) is 11.2. The van der Waals surface area contributed by atoms with Crippen LogP contribution in [0.5, 0.6) is 17.4 Å². The molecule has 0 saturated heterocycles. The Morgan fingerprint density at radius 2 is 1.81 bits per heavy atom. The summed E-state index contributed by atoms with van der Waals surface area (Å²) < 4.78 is 50.8. The van der Waals surface area contributed by atoms with E-state index in [1.807, 2.05) is 0 Å². The van der Waals surface area contributed by atoms with E-state index in [4.69, 9.17) is 9.47 Å². The van der Waals surface area contributed by atoms with E-state index in [-0.39, 0.29) is 17.3 Å². The molecule has 0 bridgehead atoms. The van der Waals surface area contributed by atoms with Crippen LogP contribution >= 0.6 is 0 Å². The molecule has 0 atom stereocenters. The monoisotopic (exact) mass is 388 g/mol. The molecule has 6 nitrogen and oxygen atoms in total. The molecule has 0 aliphatic carbocycles. The van der Waals surface area contributed by atoms with E-state index in [9.17, 15) is 12.8 Å². The summed E-state index contributed by atoms with van der Waals surface area (Å²) in [5.41, 5.74) is 0.652. The lowest BCUT2D eigenvalue weighted by atomic mass is 10.3. The number of ether oxygens (including phenoxy) is 2. The van der Waals surface area contributed by atoms with Crippen LogP contribution < -0.4 is 14.2 Å². The number of benzene rings is 2. The summed E-state index contributed by atoms with van der Waals surface area (Å²) in [7, 11) is -2.14. The summed E-state index contributed by atoms with van der Waals surface area (Å²) in [5, 5.41) is 0. The zero-order chi connectivity index (χ0) is 19.3. The molecule has 0 unspecified atom stereocenters. The maximum absolute atomic E-state index is 13.2. The number of aromatic nitrogens is 1. The molecule has 1 N–H and O–H groups in total. The fourth-order valence-electron chi connectivity index (χ4n) is 2.24. The molecule has 0 aliphatic heterocycles. The molecule has 3 rings (SSSR count). The number of methoxy groups -OCH3 is 1. The molecule has 2 aromatic carbocycles. The maximum atomic E-state index is 13.2. The van der Waals surface area contributed by atoms with Gasteiger partial charge in [0, 0.05) is 24.9 Å². The van der Waals surface area contributed by atoms with Crippen molar-refractivity contribution in [2.75, 3.05) is 7.11 Å². The van der Waals surface area contributed by atoms with E-state index < -0.39 is 15.8 Å². The van der Waals surface area contributed by atoms with Crippen LogP contribution in [0.3, 0.4) is 0 Å². The standard InChI is InChI=1S/C19H17FN2O4S/c1-25-16-6-8-18(9-7-16)27(23,24)22-13-14-5-10-19(21-12-14)26-17-4-2-3-15(20)11-17/h2-12,22H,13H2,1H3. The van der Waals surface area contributed by atoms with Gasteiger partial charge in [-0.1, -0.05) is 12.1 Å². The first-order chi connectivity index (χ1) is 13.0. The second-order valence-electron chi connectivity index (χ2n) is 5.56. The molecule has 0 radical (unpaired) electrons. The third-order valence-corrected chi connectivity index (χ3v) is 5.07. The second-order valence-corrected chi connectivity index (χ2v) is 7.33. The highest BCUT2D eigenvalue weighted by Crippen LogP contribution is 2.20. The lowest BCUT2D eigenvalue weighted by Gasteiger charge is -2.08. The predicted octanol–water partition coefficient (Wildman–Crippen LogP) is 3.50. The van der Waals surface area contributed by atoms with Crippen LogP contribution in [0.25, 0.3) is 0 Å². The van der Waals surface area contributed by atoms with Crippen molar-refractivity contribution in [2.45, 2.75) is 11.4 Å². The first-order valence-corrected chi connectivity index (χ1v) is 9.47. The summed E-state index contributed by atoms with van der Waals surface area (Å²) in [6.45, 7) is 0.0710. The van der Waals surface area contributed by atoms with Crippen LogP contribution in [0, 0.1) is 5.82 Å². The van der Waals surface area contributed by atoms with Gasteiger partial charge in [0.25, 0.3) is 0 Å². The van der Waals surface area contributed by atoms with Gasteiger partial charge in [-0.05, 0) is 42.0 Å². The number of hydrogen-bond acceptors (Lipinski definition) is 5. The van der Waals surface area contributed by atoms with E-state index in [2.05, 4.69) is 9.71 Å². The number of nitrogens with zero attached hydrogens (tertiary/aromatic N) is 1. The lowest BCUT2D eigenvalue weighted by Crippen LogP contribution is -2.23. The van der Waals surface area contributed by atoms with Crippen LogP contribution in [0.15, 0.2) is 71.8 Å². The zero-order valence-corrected chi connectivity index (χ0v) is 15.2. The van der Waals surface area contributed by atoms with Gasteiger partial charge in [0.1, 0.15) is 17.3 Å². The minimum absolute atomic E-state index is 0.0710. The zero-order valence-electron chi connectivity index (χ0n) is 14.4. The average Bonchev–Trinajstić information content (AvgIpc) is 2.68. The van der Waals surface area contributed by atoms with Crippen molar-refractivity contribution >= 4 is 10.0 Å². The van der Waals surface area contributed by atoms with Crippen molar-refractivity contribution in [1.29, 1.82) is 0 Å². The summed E-state index contributed by atoms with van der Waals surface area (Å²) in [4.78, 5) is 4.24. The first kappa shape index (κ1) is 18.8. The summed E-state index contributed by atoms with van der Waals surface area (Å²) in [5.74, 6) is 0.780. The molecule has 0 fully saturated rings. The number of rotatable bonds is 7. The Labute approximate surface area is 156 Å². The highest BCUT2D eigenvalue weighted by molar-refractivity contribution is 7.89. The highest BCUT2D eigenvalue weighted by Gasteiger charge is 2.13. The quantitative estimate of drug-likeness (QED) is 0.670. The molecular weight excluding hydrogens is 371 g/mol. The average molecular weight is 388 g/mol. The third kappa shape index (κ3) is 5.02. The molecule has 8 heteroatoms. The van der Waals surface area contributed by atoms with Gasteiger partial charge in [-0.2, -0.15) is 0 Å². The van der Waals surface area contributed by atoms with Gasteiger partial charge in [-0.3, -0.25) is 0 Å². The molecule has 0 saturated carbocycles. The van der Waals surface area contributed by atoms with Crippen LogP contribution in [0.2, 0.25) is 0 Å². The van der Waals surface area contributed by atoms with Gasteiger partial charge in [-0.25, -0.2) is 22.5 Å². The minimum atomic E-state index is -3.65. The Morgan fingerprint density at radius 3 is 2.44 bits per heavy atom. The van der Waals surface area contributed by atoms with Crippen molar-refractivity contribution in [1.82, 2.24) is 9.71 Å². The molecule has 0 spiro atoms. The van der Waals surface area contributed by atoms with Crippen molar-refractivity contribution in [3.05, 3.63) is 78.2 Å². The number of halogens is 1. The van der Waals surface area contributed by atoms with Crippen molar-refractivity contribution < 1.29 is 22.3 Å². The van der Waals surface area contributed by atoms with Crippen LogP contribution in [-0.4, -0.2) is 20.5 Å². The number of sulfonamides is 1. The van der Waals surface area contributed by atoms with Gasteiger partial charge >= 0.3 is 0 Å². The number of hydrogen-bond donors (Lipinski definition) is 1. The topological polar surface area (TPSA) is 77.5 Å². The molecule has 1 aromatic heterocycles.